The molecule has 31 heavy (non-hydrogen) atoms. The van der Waals surface area contributed by atoms with Gasteiger partial charge in [0.1, 0.15) is 0 Å². The number of halogens is 1. The first-order valence-corrected chi connectivity index (χ1v) is 11.4. The highest BCUT2D eigenvalue weighted by Crippen LogP contribution is 2.15. The smallest absolute Gasteiger partial charge is 0.409 e. The van der Waals surface area contributed by atoms with Crippen molar-refractivity contribution in [2.45, 2.75) is 64.6 Å². The van der Waals surface area contributed by atoms with Crippen LogP contribution in [0.15, 0.2) is 29.3 Å². The molecule has 0 atom stereocenters. The minimum Gasteiger partial charge on any atom is -0.450 e. The third-order valence-corrected chi connectivity index (χ3v) is 5.90. The second-order valence-electron chi connectivity index (χ2n) is 8.32. The van der Waals surface area contributed by atoms with Crippen LogP contribution in [0.25, 0.3) is 0 Å². The minimum absolute atomic E-state index is 0. The zero-order valence-electron chi connectivity index (χ0n) is 18.7. The highest BCUT2D eigenvalue weighted by atomic mass is 127. The van der Waals surface area contributed by atoms with Crippen molar-refractivity contribution in [3.8, 4) is 0 Å². The number of benzene rings is 1. The summed E-state index contributed by atoms with van der Waals surface area (Å²) in [5.74, 6) is 0.475. The van der Waals surface area contributed by atoms with Crippen molar-refractivity contribution in [2.75, 3.05) is 32.8 Å². The fourth-order valence-electron chi connectivity index (χ4n) is 4.23. The van der Waals surface area contributed by atoms with Gasteiger partial charge in [0.25, 0.3) is 0 Å². The number of likely N-dealkylation sites (tertiary alicyclic amines) is 2. The Balaban J connectivity index is 0.00000341. The van der Waals surface area contributed by atoms with Crippen LogP contribution >= 0.6 is 24.0 Å². The third kappa shape index (κ3) is 8.84. The van der Waals surface area contributed by atoms with Crippen LogP contribution in [0.1, 0.15) is 56.6 Å². The van der Waals surface area contributed by atoms with Gasteiger partial charge in [-0.25, -0.2) is 9.79 Å². The number of carbonyl (C=O) groups excluding carboxylic acids is 1. The molecule has 0 aromatic heterocycles. The van der Waals surface area contributed by atoms with E-state index in [9.17, 15) is 4.79 Å². The average molecular weight is 543 g/mol. The molecular weight excluding hydrogens is 505 g/mol. The van der Waals surface area contributed by atoms with Gasteiger partial charge < -0.3 is 20.7 Å². The first-order valence-electron chi connectivity index (χ1n) is 11.4. The van der Waals surface area contributed by atoms with E-state index in [0.717, 1.165) is 19.4 Å². The zero-order valence-corrected chi connectivity index (χ0v) is 21.1. The van der Waals surface area contributed by atoms with Crippen molar-refractivity contribution in [3.63, 3.8) is 0 Å². The van der Waals surface area contributed by atoms with Gasteiger partial charge in [-0.15, -0.1) is 24.0 Å². The van der Waals surface area contributed by atoms with Crippen LogP contribution in [-0.2, 0) is 17.8 Å². The SMILES string of the molecule is CCOC(=O)N1CCC(NC(N)=NCc2cccc(CN3CCCCCC3)c2)CC1.I. The van der Waals surface area contributed by atoms with Gasteiger partial charge in [-0.1, -0.05) is 37.1 Å². The lowest BCUT2D eigenvalue weighted by Gasteiger charge is -2.31. The number of nitrogens with zero attached hydrogens (tertiary/aromatic N) is 3. The normalized spacial score (nSPS) is 18.7. The molecule has 3 N–H and O–H groups in total. The molecule has 174 valence electrons. The molecule has 1 aromatic rings. The molecule has 0 unspecified atom stereocenters. The van der Waals surface area contributed by atoms with E-state index in [1.807, 2.05) is 6.92 Å². The van der Waals surface area contributed by atoms with Gasteiger partial charge in [0.05, 0.1) is 13.2 Å². The highest BCUT2D eigenvalue weighted by molar-refractivity contribution is 14.0. The molecule has 1 amide bonds. The molecule has 2 aliphatic rings. The third-order valence-electron chi connectivity index (χ3n) is 5.90. The number of rotatable bonds is 6. The average Bonchev–Trinajstić information content (AvgIpc) is 3.02. The number of hydrogen-bond acceptors (Lipinski definition) is 4. The van der Waals surface area contributed by atoms with Crippen LogP contribution < -0.4 is 11.1 Å². The van der Waals surface area contributed by atoms with Gasteiger partial charge in [-0.3, -0.25) is 4.90 Å². The Morgan fingerprint density at radius 1 is 1.13 bits per heavy atom. The largest absolute Gasteiger partial charge is 0.450 e. The molecule has 0 bridgehead atoms. The molecule has 7 nitrogen and oxygen atoms in total. The number of carbonyl (C=O) groups is 1. The Bertz CT molecular complexity index is 699. The van der Waals surface area contributed by atoms with E-state index in [1.54, 1.807) is 4.90 Å². The molecule has 2 heterocycles. The Morgan fingerprint density at radius 2 is 1.81 bits per heavy atom. The lowest BCUT2D eigenvalue weighted by molar-refractivity contribution is 0.0963. The van der Waals surface area contributed by atoms with E-state index >= 15 is 0 Å². The summed E-state index contributed by atoms with van der Waals surface area (Å²) in [5, 5.41) is 3.31. The number of guanidine groups is 1. The molecule has 0 radical (unpaired) electrons. The second kappa shape index (κ2) is 13.8. The summed E-state index contributed by atoms with van der Waals surface area (Å²) >= 11 is 0. The van der Waals surface area contributed by atoms with Crippen molar-refractivity contribution in [2.24, 2.45) is 10.7 Å². The number of aliphatic imine (C=N–C) groups is 1. The molecule has 2 saturated heterocycles. The summed E-state index contributed by atoms with van der Waals surface area (Å²) in [5.41, 5.74) is 8.66. The number of amides is 1. The zero-order chi connectivity index (χ0) is 21.2. The van der Waals surface area contributed by atoms with Crippen molar-refractivity contribution in [1.29, 1.82) is 0 Å². The molecule has 0 aliphatic carbocycles. The van der Waals surface area contributed by atoms with Gasteiger partial charge in [-0.2, -0.15) is 0 Å². The lowest BCUT2D eigenvalue weighted by atomic mass is 10.1. The fourth-order valence-corrected chi connectivity index (χ4v) is 4.23. The Morgan fingerprint density at radius 3 is 2.48 bits per heavy atom. The number of ether oxygens (including phenoxy) is 1. The Hall–Kier alpha value is -1.55. The number of piperidine rings is 1. The number of nitrogens with two attached hydrogens (primary N) is 1. The Labute approximate surface area is 203 Å². The summed E-state index contributed by atoms with van der Waals surface area (Å²) < 4.78 is 5.06. The summed E-state index contributed by atoms with van der Waals surface area (Å²) in [6.07, 6.45) is 6.81. The standard InChI is InChI=1S/C23H37N5O2.HI/c1-2-30-23(29)28-14-10-21(11-15-28)26-22(24)25-17-19-8-7-9-20(16-19)18-27-12-5-3-4-6-13-27;/h7-9,16,21H,2-6,10-15,17-18H2,1H3,(H3,24,25,26);1H. The summed E-state index contributed by atoms with van der Waals surface area (Å²) in [6.45, 7) is 7.61. The molecular formula is C23H38IN5O2. The van der Waals surface area contributed by atoms with Crippen molar-refractivity contribution >= 4 is 36.0 Å². The van der Waals surface area contributed by atoms with Gasteiger partial charge in [0.15, 0.2) is 5.96 Å². The van der Waals surface area contributed by atoms with Gasteiger partial charge >= 0.3 is 6.09 Å². The van der Waals surface area contributed by atoms with Crippen molar-refractivity contribution in [3.05, 3.63) is 35.4 Å². The predicted molar refractivity (Wildman–Crippen MR) is 136 cm³/mol. The first kappa shape index (κ1) is 25.7. The van der Waals surface area contributed by atoms with Crippen LogP contribution in [0, 0.1) is 0 Å². The molecule has 0 saturated carbocycles. The van der Waals surface area contributed by atoms with E-state index < -0.39 is 0 Å². The van der Waals surface area contributed by atoms with E-state index in [2.05, 4.69) is 39.5 Å². The first-order chi connectivity index (χ1) is 14.6. The molecule has 8 heteroatoms. The van der Waals surface area contributed by atoms with E-state index in [1.165, 1.54) is 49.9 Å². The maximum atomic E-state index is 11.8. The summed E-state index contributed by atoms with van der Waals surface area (Å²) in [4.78, 5) is 20.6. The van der Waals surface area contributed by atoms with Crippen molar-refractivity contribution < 1.29 is 9.53 Å². The minimum atomic E-state index is -0.224. The molecule has 0 spiro atoms. The van der Waals surface area contributed by atoms with Crippen LogP contribution in [0.5, 0.6) is 0 Å². The number of hydrogen-bond donors (Lipinski definition) is 2. The van der Waals surface area contributed by atoms with Crippen LogP contribution in [0.3, 0.4) is 0 Å². The van der Waals surface area contributed by atoms with Gasteiger partial charge in [-0.05, 0) is 56.8 Å². The second-order valence-corrected chi connectivity index (χ2v) is 8.32. The summed E-state index contributed by atoms with van der Waals surface area (Å²) in [7, 11) is 0. The summed E-state index contributed by atoms with van der Waals surface area (Å²) in [6, 6.07) is 8.93. The maximum absolute atomic E-state index is 11.8. The van der Waals surface area contributed by atoms with Gasteiger partial charge in [0.2, 0.25) is 0 Å². The van der Waals surface area contributed by atoms with Crippen LogP contribution in [0.4, 0.5) is 4.79 Å². The predicted octanol–water partition coefficient (Wildman–Crippen LogP) is 3.71. The van der Waals surface area contributed by atoms with E-state index in [-0.39, 0.29) is 36.1 Å². The highest BCUT2D eigenvalue weighted by Gasteiger charge is 2.23. The molecule has 1 aromatic carbocycles. The number of nitrogens with one attached hydrogen (secondary N) is 1. The van der Waals surface area contributed by atoms with Gasteiger partial charge in [0, 0.05) is 25.7 Å². The van der Waals surface area contributed by atoms with Crippen LogP contribution in [-0.4, -0.2) is 60.7 Å². The van der Waals surface area contributed by atoms with Crippen LogP contribution in [0.2, 0.25) is 0 Å². The van der Waals surface area contributed by atoms with E-state index in [4.69, 9.17) is 10.5 Å². The topological polar surface area (TPSA) is 83.2 Å². The molecule has 2 fully saturated rings. The molecule has 3 rings (SSSR count). The maximum Gasteiger partial charge on any atom is 0.409 e. The quantitative estimate of drug-likeness (QED) is 0.325. The monoisotopic (exact) mass is 543 g/mol. The molecule has 2 aliphatic heterocycles. The van der Waals surface area contributed by atoms with Crippen molar-refractivity contribution in [1.82, 2.24) is 15.1 Å². The Kier molecular flexibility index (Phi) is 11.4. The fraction of sp³-hybridized carbons (Fsp3) is 0.652. The van der Waals surface area contributed by atoms with E-state index in [0.29, 0.717) is 32.2 Å². The lowest BCUT2D eigenvalue weighted by Crippen LogP contribution is -2.48.